The molecule has 3 N–H and O–H groups in total. The van der Waals surface area contributed by atoms with Crippen molar-refractivity contribution in [3.8, 4) is 0 Å². The first-order valence-electron chi connectivity index (χ1n) is 5.16. The molecule has 0 saturated carbocycles. The van der Waals surface area contributed by atoms with Crippen LogP contribution in [0.25, 0.3) is 0 Å². The van der Waals surface area contributed by atoms with Gasteiger partial charge in [-0.15, -0.1) is 0 Å². The van der Waals surface area contributed by atoms with Gasteiger partial charge < -0.3 is 15.8 Å². The molecule has 0 aliphatic rings. The summed E-state index contributed by atoms with van der Waals surface area (Å²) < 4.78 is 5.10. The number of benzene rings is 1. The molecule has 0 bridgehead atoms. The van der Waals surface area contributed by atoms with Crippen LogP contribution in [0.1, 0.15) is 13.3 Å². The summed E-state index contributed by atoms with van der Waals surface area (Å²) in [5.74, 6) is -0.297. The Kier molecular flexibility index (Phi) is 5.55. The fraction of sp³-hybridized carbons (Fsp3) is 0.364. The highest BCUT2D eigenvalue weighted by atomic mass is 35.5. The van der Waals surface area contributed by atoms with Gasteiger partial charge in [-0.3, -0.25) is 4.79 Å². The third-order valence-electron chi connectivity index (χ3n) is 1.93. The molecule has 0 heterocycles. The maximum Gasteiger partial charge on any atom is 0.250 e. The number of nitrogens with two attached hydrogens (primary N) is 1. The minimum atomic E-state index is -0.297. The van der Waals surface area contributed by atoms with E-state index in [-0.39, 0.29) is 12.5 Å². The second-order valence-electron chi connectivity index (χ2n) is 3.45. The van der Waals surface area contributed by atoms with Crippen LogP contribution in [0.2, 0.25) is 10.0 Å². The van der Waals surface area contributed by atoms with Crippen molar-refractivity contribution in [2.75, 3.05) is 24.3 Å². The molecule has 0 saturated heterocycles. The van der Waals surface area contributed by atoms with Gasteiger partial charge in [-0.05, 0) is 18.6 Å². The summed E-state index contributed by atoms with van der Waals surface area (Å²) in [7, 11) is 0. The van der Waals surface area contributed by atoms with Gasteiger partial charge in [0.2, 0.25) is 5.91 Å². The fourth-order valence-corrected chi connectivity index (χ4v) is 1.77. The number of hydrogen-bond acceptors (Lipinski definition) is 3. The molecule has 4 nitrogen and oxygen atoms in total. The molecule has 1 aromatic rings. The summed E-state index contributed by atoms with van der Waals surface area (Å²) in [4.78, 5) is 11.5. The van der Waals surface area contributed by atoms with E-state index in [0.29, 0.717) is 28.0 Å². The van der Waals surface area contributed by atoms with Crippen LogP contribution in [-0.4, -0.2) is 19.1 Å². The molecule has 0 spiro atoms. The fourth-order valence-electron chi connectivity index (χ4n) is 1.21. The number of hydrogen-bond donors (Lipinski definition) is 2. The van der Waals surface area contributed by atoms with Crippen molar-refractivity contribution in [1.82, 2.24) is 0 Å². The van der Waals surface area contributed by atoms with Crippen molar-refractivity contribution in [3.63, 3.8) is 0 Å². The summed E-state index contributed by atoms with van der Waals surface area (Å²) >= 11 is 11.7. The van der Waals surface area contributed by atoms with Crippen LogP contribution >= 0.6 is 23.2 Å². The monoisotopic (exact) mass is 276 g/mol. The van der Waals surface area contributed by atoms with Crippen molar-refractivity contribution < 1.29 is 9.53 Å². The Bertz CT molecular complexity index is 387. The number of carbonyl (C=O) groups is 1. The summed E-state index contributed by atoms with van der Waals surface area (Å²) in [5, 5.41) is 3.31. The van der Waals surface area contributed by atoms with Gasteiger partial charge in [-0.1, -0.05) is 30.1 Å². The van der Waals surface area contributed by atoms with Crippen molar-refractivity contribution in [1.29, 1.82) is 0 Å². The van der Waals surface area contributed by atoms with Crippen molar-refractivity contribution in [2.45, 2.75) is 13.3 Å². The number of nitrogens with one attached hydrogen (secondary N) is 1. The molecule has 1 rings (SSSR count). The molecule has 0 radical (unpaired) electrons. The molecule has 0 atom stereocenters. The summed E-state index contributed by atoms with van der Waals surface area (Å²) in [5.41, 5.74) is 6.39. The smallest absolute Gasteiger partial charge is 0.250 e. The molecule has 0 aromatic heterocycles. The molecule has 17 heavy (non-hydrogen) atoms. The Balaban J connectivity index is 2.65. The second kappa shape index (κ2) is 6.69. The summed E-state index contributed by atoms with van der Waals surface area (Å²) in [6.07, 6.45) is 0.858. The van der Waals surface area contributed by atoms with E-state index < -0.39 is 0 Å². The van der Waals surface area contributed by atoms with E-state index in [9.17, 15) is 4.79 Å². The molecule has 1 aromatic carbocycles. The van der Waals surface area contributed by atoms with Crippen LogP contribution < -0.4 is 11.1 Å². The van der Waals surface area contributed by atoms with Gasteiger partial charge in [0.25, 0.3) is 0 Å². The molecular weight excluding hydrogens is 263 g/mol. The van der Waals surface area contributed by atoms with Gasteiger partial charge in [-0.2, -0.15) is 0 Å². The standard InChI is InChI=1S/C11H14Cl2N2O2/c1-2-3-17-6-10(16)15-11-8(13)4-7(12)5-9(11)14/h4-5H,2-3,6,14H2,1H3,(H,15,16). The largest absolute Gasteiger partial charge is 0.397 e. The minimum absolute atomic E-state index is 0.0216. The van der Waals surface area contributed by atoms with E-state index in [1.54, 1.807) is 0 Å². The molecule has 0 fully saturated rings. The third kappa shape index (κ3) is 4.42. The average Bonchev–Trinajstić information content (AvgIpc) is 2.24. The van der Waals surface area contributed by atoms with Crippen LogP contribution in [0.4, 0.5) is 11.4 Å². The van der Waals surface area contributed by atoms with Gasteiger partial charge in [0.15, 0.2) is 0 Å². The minimum Gasteiger partial charge on any atom is -0.397 e. The number of nitrogen functional groups attached to an aromatic ring is 1. The lowest BCUT2D eigenvalue weighted by Crippen LogP contribution is -2.19. The SMILES string of the molecule is CCCOCC(=O)Nc1c(N)cc(Cl)cc1Cl. The molecule has 94 valence electrons. The molecule has 0 aliphatic carbocycles. The Labute approximate surface area is 110 Å². The summed E-state index contributed by atoms with van der Waals surface area (Å²) in [6, 6.07) is 3.04. The number of amides is 1. The zero-order chi connectivity index (χ0) is 12.8. The molecule has 1 amide bonds. The van der Waals surface area contributed by atoms with E-state index in [0.717, 1.165) is 6.42 Å². The van der Waals surface area contributed by atoms with Crippen LogP contribution in [0.3, 0.4) is 0 Å². The summed E-state index contributed by atoms with van der Waals surface area (Å²) in [6.45, 7) is 2.48. The van der Waals surface area contributed by atoms with E-state index in [1.165, 1.54) is 12.1 Å². The first-order chi connectivity index (χ1) is 8.04. The van der Waals surface area contributed by atoms with Crippen molar-refractivity contribution in [2.24, 2.45) is 0 Å². The van der Waals surface area contributed by atoms with E-state index in [4.69, 9.17) is 33.7 Å². The number of ether oxygens (including phenoxy) is 1. The van der Waals surface area contributed by atoms with E-state index in [2.05, 4.69) is 5.32 Å². The molecular formula is C11H14Cl2N2O2. The lowest BCUT2D eigenvalue weighted by Gasteiger charge is -2.10. The van der Waals surface area contributed by atoms with Gasteiger partial charge in [-0.25, -0.2) is 0 Å². The second-order valence-corrected chi connectivity index (χ2v) is 4.30. The Morgan fingerprint density at radius 3 is 2.76 bits per heavy atom. The Morgan fingerprint density at radius 2 is 2.18 bits per heavy atom. The van der Waals surface area contributed by atoms with Crippen LogP contribution in [0.5, 0.6) is 0 Å². The number of rotatable bonds is 5. The highest BCUT2D eigenvalue weighted by Gasteiger charge is 2.10. The van der Waals surface area contributed by atoms with Crippen molar-refractivity contribution in [3.05, 3.63) is 22.2 Å². The maximum absolute atomic E-state index is 11.5. The maximum atomic E-state index is 11.5. The van der Waals surface area contributed by atoms with Gasteiger partial charge in [0.1, 0.15) is 6.61 Å². The van der Waals surface area contributed by atoms with E-state index in [1.807, 2.05) is 6.92 Å². The quantitative estimate of drug-likeness (QED) is 0.642. The van der Waals surface area contributed by atoms with Gasteiger partial charge in [0.05, 0.1) is 16.4 Å². The average molecular weight is 277 g/mol. The number of anilines is 2. The molecule has 6 heteroatoms. The highest BCUT2D eigenvalue weighted by molar-refractivity contribution is 6.37. The lowest BCUT2D eigenvalue weighted by atomic mass is 10.2. The number of carbonyl (C=O) groups excluding carboxylic acids is 1. The van der Waals surface area contributed by atoms with Crippen LogP contribution in [0.15, 0.2) is 12.1 Å². The van der Waals surface area contributed by atoms with Crippen LogP contribution in [-0.2, 0) is 9.53 Å². The lowest BCUT2D eigenvalue weighted by molar-refractivity contribution is -0.120. The Morgan fingerprint density at radius 1 is 1.47 bits per heavy atom. The van der Waals surface area contributed by atoms with Gasteiger partial charge in [0, 0.05) is 11.6 Å². The Hall–Kier alpha value is -0.970. The van der Waals surface area contributed by atoms with Crippen LogP contribution in [0, 0.1) is 0 Å². The van der Waals surface area contributed by atoms with Gasteiger partial charge >= 0.3 is 0 Å². The van der Waals surface area contributed by atoms with E-state index >= 15 is 0 Å². The zero-order valence-electron chi connectivity index (χ0n) is 9.43. The predicted molar refractivity (Wildman–Crippen MR) is 70.6 cm³/mol. The first kappa shape index (κ1) is 14.1. The molecule has 0 aliphatic heterocycles. The normalized spacial score (nSPS) is 10.3. The highest BCUT2D eigenvalue weighted by Crippen LogP contribution is 2.31. The number of halogens is 2. The first-order valence-corrected chi connectivity index (χ1v) is 5.92. The van der Waals surface area contributed by atoms with Crippen molar-refractivity contribution >= 4 is 40.5 Å². The topological polar surface area (TPSA) is 64.3 Å². The zero-order valence-corrected chi connectivity index (χ0v) is 10.9. The molecule has 0 unspecified atom stereocenters. The predicted octanol–water partition coefficient (Wildman–Crippen LogP) is 2.94. The third-order valence-corrected chi connectivity index (χ3v) is 2.45.